The van der Waals surface area contributed by atoms with Crippen LogP contribution in [0.25, 0.3) is 10.9 Å². The van der Waals surface area contributed by atoms with Crippen molar-refractivity contribution in [3.05, 3.63) is 45.2 Å². The Labute approximate surface area is 150 Å². The van der Waals surface area contributed by atoms with Crippen molar-refractivity contribution < 1.29 is 0 Å². The summed E-state index contributed by atoms with van der Waals surface area (Å²) in [6, 6.07) is 6.61. The molecule has 1 N–H and O–H groups in total. The first-order valence-corrected chi connectivity index (χ1v) is 9.53. The third-order valence-corrected chi connectivity index (χ3v) is 6.44. The Morgan fingerprint density at radius 3 is 2.72 bits per heavy atom. The Hall–Kier alpha value is -1.61. The van der Waals surface area contributed by atoms with Crippen molar-refractivity contribution in [3.63, 3.8) is 0 Å². The number of nitrogens with one attached hydrogen (secondary N) is 1. The van der Waals surface area contributed by atoms with Crippen LogP contribution in [0.4, 0.5) is 0 Å². The first kappa shape index (κ1) is 16.8. The molecule has 1 aliphatic heterocycles. The number of aromatic nitrogens is 1. The minimum absolute atomic E-state index is 0.209. The molecule has 4 rings (SSSR count). The van der Waals surface area contributed by atoms with Gasteiger partial charge in [0.15, 0.2) is 5.43 Å². The van der Waals surface area contributed by atoms with Crippen molar-refractivity contribution in [1.29, 1.82) is 0 Å². The molecule has 1 aliphatic carbocycles. The van der Waals surface area contributed by atoms with Crippen LogP contribution in [0.1, 0.15) is 56.9 Å². The van der Waals surface area contributed by atoms with Crippen molar-refractivity contribution in [2.45, 2.75) is 66.5 Å². The molecule has 0 radical (unpaired) electrons. The van der Waals surface area contributed by atoms with E-state index in [1.807, 2.05) is 12.1 Å². The molecule has 1 saturated carbocycles. The van der Waals surface area contributed by atoms with E-state index >= 15 is 0 Å². The number of pyridine rings is 1. The molecular weight excluding hydrogens is 308 g/mol. The third kappa shape index (κ3) is 2.83. The van der Waals surface area contributed by atoms with Crippen LogP contribution in [0.3, 0.4) is 0 Å². The van der Waals surface area contributed by atoms with Crippen molar-refractivity contribution in [1.82, 2.24) is 9.88 Å². The largest absolute Gasteiger partial charge is 0.358 e. The van der Waals surface area contributed by atoms with Crippen LogP contribution in [0.15, 0.2) is 23.0 Å². The molecule has 2 heterocycles. The summed E-state index contributed by atoms with van der Waals surface area (Å²) in [7, 11) is 0. The molecule has 2 aliphatic rings. The molecule has 2 aromatic rings. The molecule has 3 nitrogen and oxygen atoms in total. The number of likely N-dealkylation sites (tertiary alicyclic amines) is 1. The SMILES string of the molecule is Cc1[nH]c2c(C)cccc2c(=O)c1CN1C[C@@]2(C)C[C@@H]1CC(C)(C)C2. The summed E-state index contributed by atoms with van der Waals surface area (Å²) in [4.78, 5) is 19.2. The lowest BCUT2D eigenvalue weighted by Gasteiger charge is -2.40. The molecule has 0 unspecified atom stereocenters. The molecule has 0 spiro atoms. The van der Waals surface area contributed by atoms with E-state index in [0.29, 0.717) is 16.9 Å². The van der Waals surface area contributed by atoms with Gasteiger partial charge in [-0.1, -0.05) is 32.9 Å². The van der Waals surface area contributed by atoms with Crippen LogP contribution in [-0.4, -0.2) is 22.5 Å². The van der Waals surface area contributed by atoms with E-state index in [0.717, 1.165) is 40.8 Å². The highest BCUT2D eigenvalue weighted by Crippen LogP contribution is 2.52. The van der Waals surface area contributed by atoms with E-state index in [1.165, 1.54) is 19.3 Å². The van der Waals surface area contributed by atoms with E-state index in [1.54, 1.807) is 0 Å². The average molecular weight is 338 g/mol. The maximum Gasteiger partial charge on any atom is 0.194 e. The molecule has 2 atom stereocenters. The number of benzene rings is 1. The number of aromatic amines is 1. The van der Waals surface area contributed by atoms with Gasteiger partial charge < -0.3 is 4.98 Å². The summed E-state index contributed by atoms with van der Waals surface area (Å²) in [6.07, 6.45) is 3.81. The molecule has 2 fully saturated rings. The van der Waals surface area contributed by atoms with Gasteiger partial charge in [0.2, 0.25) is 0 Å². The van der Waals surface area contributed by atoms with Gasteiger partial charge in [0.05, 0.1) is 5.52 Å². The maximum atomic E-state index is 13.1. The zero-order valence-corrected chi connectivity index (χ0v) is 16.2. The Kier molecular flexibility index (Phi) is 3.66. The molecule has 1 aromatic carbocycles. The van der Waals surface area contributed by atoms with Gasteiger partial charge in [0.25, 0.3) is 0 Å². The summed E-state index contributed by atoms with van der Waals surface area (Å²) >= 11 is 0. The summed E-state index contributed by atoms with van der Waals surface area (Å²) in [5.41, 5.74) is 5.12. The van der Waals surface area contributed by atoms with Gasteiger partial charge in [-0.25, -0.2) is 0 Å². The second-order valence-corrected chi connectivity index (χ2v) is 9.67. The number of H-pyrrole nitrogens is 1. The second kappa shape index (κ2) is 5.44. The van der Waals surface area contributed by atoms with Crippen LogP contribution in [0, 0.1) is 24.7 Å². The highest BCUT2D eigenvalue weighted by Gasteiger charge is 2.49. The first-order chi connectivity index (χ1) is 11.7. The molecule has 1 aromatic heterocycles. The van der Waals surface area contributed by atoms with Crippen LogP contribution in [0.5, 0.6) is 0 Å². The Morgan fingerprint density at radius 2 is 1.96 bits per heavy atom. The molecule has 134 valence electrons. The van der Waals surface area contributed by atoms with Gasteiger partial charge in [-0.2, -0.15) is 0 Å². The van der Waals surface area contributed by atoms with Gasteiger partial charge >= 0.3 is 0 Å². The lowest BCUT2D eigenvalue weighted by atomic mass is 9.65. The Balaban J connectivity index is 1.72. The summed E-state index contributed by atoms with van der Waals surface area (Å²) < 4.78 is 0. The summed E-state index contributed by atoms with van der Waals surface area (Å²) in [6.45, 7) is 13.2. The smallest absolute Gasteiger partial charge is 0.194 e. The monoisotopic (exact) mass is 338 g/mol. The van der Waals surface area contributed by atoms with E-state index in [4.69, 9.17) is 0 Å². The normalized spacial score (nSPS) is 28.6. The number of hydrogen-bond acceptors (Lipinski definition) is 2. The topological polar surface area (TPSA) is 36.1 Å². The molecule has 0 amide bonds. The maximum absolute atomic E-state index is 13.1. The van der Waals surface area contributed by atoms with Gasteiger partial charge in [-0.3, -0.25) is 9.69 Å². The van der Waals surface area contributed by atoms with Crippen LogP contribution < -0.4 is 5.43 Å². The van der Waals surface area contributed by atoms with E-state index in [-0.39, 0.29) is 5.43 Å². The van der Waals surface area contributed by atoms with Crippen molar-refractivity contribution >= 4 is 10.9 Å². The lowest BCUT2D eigenvalue weighted by molar-refractivity contribution is 0.126. The fourth-order valence-electron chi connectivity index (χ4n) is 5.77. The van der Waals surface area contributed by atoms with E-state index in [9.17, 15) is 4.79 Å². The van der Waals surface area contributed by atoms with Crippen LogP contribution >= 0.6 is 0 Å². The highest BCUT2D eigenvalue weighted by atomic mass is 16.1. The zero-order chi connectivity index (χ0) is 18.0. The fourth-order valence-corrected chi connectivity index (χ4v) is 5.77. The molecule has 2 bridgehead atoms. The molecule has 25 heavy (non-hydrogen) atoms. The minimum Gasteiger partial charge on any atom is -0.358 e. The van der Waals surface area contributed by atoms with Gasteiger partial charge in [-0.15, -0.1) is 0 Å². The number of nitrogens with zero attached hydrogens (tertiary/aromatic N) is 1. The van der Waals surface area contributed by atoms with Gasteiger partial charge in [0, 0.05) is 35.8 Å². The molecular formula is C22H30N2O. The quantitative estimate of drug-likeness (QED) is 0.872. The average Bonchev–Trinajstić information content (AvgIpc) is 2.73. The van der Waals surface area contributed by atoms with E-state index in [2.05, 4.69) is 50.6 Å². The van der Waals surface area contributed by atoms with Crippen molar-refractivity contribution in [2.75, 3.05) is 6.54 Å². The van der Waals surface area contributed by atoms with Gasteiger partial charge in [-0.05, 0) is 55.6 Å². The molecule has 3 heteroatoms. The third-order valence-electron chi connectivity index (χ3n) is 6.44. The number of aryl methyl sites for hydroxylation is 2. The fraction of sp³-hybridized carbons (Fsp3) is 0.591. The summed E-state index contributed by atoms with van der Waals surface area (Å²) in [5, 5.41) is 0.828. The Morgan fingerprint density at radius 1 is 1.20 bits per heavy atom. The highest BCUT2D eigenvalue weighted by molar-refractivity contribution is 5.82. The predicted molar refractivity (Wildman–Crippen MR) is 104 cm³/mol. The predicted octanol–water partition coefficient (Wildman–Crippen LogP) is 4.55. The van der Waals surface area contributed by atoms with Crippen molar-refractivity contribution in [2.24, 2.45) is 10.8 Å². The minimum atomic E-state index is 0.209. The van der Waals surface area contributed by atoms with Gasteiger partial charge in [0.1, 0.15) is 0 Å². The first-order valence-electron chi connectivity index (χ1n) is 9.53. The number of para-hydroxylation sites is 1. The standard InChI is InChI=1S/C22H30N2O/c1-14-7-6-8-17-19(14)23-15(2)18(20(17)25)11-24-13-22(5)10-16(24)9-21(3,4)12-22/h6-8,16H,9-13H2,1-5H3,(H,23,25)/t16-,22-/m0/s1. The van der Waals surface area contributed by atoms with Crippen LogP contribution in [-0.2, 0) is 6.54 Å². The Bertz CT molecular complexity index is 895. The van der Waals surface area contributed by atoms with E-state index < -0.39 is 0 Å². The second-order valence-electron chi connectivity index (χ2n) is 9.67. The molecule has 1 saturated heterocycles. The van der Waals surface area contributed by atoms with Crippen LogP contribution in [0.2, 0.25) is 0 Å². The summed E-state index contributed by atoms with van der Waals surface area (Å²) in [5.74, 6) is 0. The zero-order valence-electron chi connectivity index (χ0n) is 16.2. The lowest BCUT2D eigenvalue weighted by Crippen LogP contribution is -2.35. The number of rotatable bonds is 2. The number of hydrogen-bond donors (Lipinski definition) is 1. The number of fused-ring (bicyclic) bond motifs is 3. The van der Waals surface area contributed by atoms with Crippen molar-refractivity contribution in [3.8, 4) is 0 Å².